The SMILES string of the molecule is CCc1ccc(Cn2nccc2CNC(C)(C)C)cc1. The normalized spacial score (nSPS) is 11.8. The largest absolute Gasteiger partial charge is 0.306 e. The van der Waals surface area contributed by atoms with Crippen molar-refractivity contribution in [1.82, 2.24) is 15.1 Å². The van der Waals surface area contributed by atoms with Crippen molar-refractivity contribution in [3.63, 3.8) is 0 Å². The summed E-state index contributed by atoms with van der Waals surface area (Å²) in [5.41, 5.74) is 4.02. The number of aryl methyl sites for hydroxylation is 1. The molecule has 3 heteroatoms. The van der Waals surface area contributed by atoms with Crippen LogP contribution in [0.15, 0.2) is 36.5 Å². The first-order valence-electron chi connectivity index (χ1n) is 7.31. The van der Waals surface area contributed by atoms with Gasteiger partial charge in [-0.25, -0.2) is 0 Å². The van der Waals surface area contributed by atoms with Crippen LogP contribution in [0, 0.1) is 0 Å². The Bertz CT molecular complexity index is 532. The van der Waals surface area contributed by atoms with E-state index in [1.165, 1.54) is 16.8 Å². The van der Waals surface area contributed by atoms with E-state index < -0.39 is 0 Å². The zero-order valence-electron chi connectivity index (χ0n) is 13.0. The third kappa shape index (κ3) is 4.20. The molecule has 0 radical (unpaired) electrons. The average molecular weight is 271 g/mol. The summed E-state index contributed by atoms with van der Waals surface area (Å²) in [6, 6.07) is 10.9. The Balaban J connectivity index is 2.04. The summed E-state index contributed by atoms with van der Waals surface area (Å²) in [7, 11) is 0. The second-order valence-electron chi connectivity index (χ2n) is 6.25. The molecule has 2 aromatic rings. The number of aromatic nitrogens is 2. The van der Waals surface area contributed by atoms with Gasteiger partial charge in [-0.15, -0.1) is 0 Å². The molecule has 108 valence electrons. The summed E-state index contributed by atoms with van der Waals surface area (Å²) in [4.78, 5) is 0. The molecule has 0 spiro atoms. The van der Waals surface area contributed by atoms with Crippen LogP contribution >= 0.6 is 0 Å². The highest BCUT2D eigenvalue weighted by Crippen LogP contribution is 2.09. The van der Waals surface area contributed by atoms with Gasteiger partial charge in [-0.3, -0.25) is 4.68 Å². The highest BCUT2D eigenvalue weighted by Gasteiger charge is 2.10. The predicted molar refractivity (Wildman–Crippen MR) is 83.7 cm³/mol. The Kier molecular flexibility index (Phi) is 4.61. The maximum absolute atomic E-state index is 4.43. The molecule has 1 aromatic carbocycles. The Morgan fingerprint density at radius 1 is 1.05 bits per heavy atom. The molecule has 20 heavy (non-hydrogen) atoms. The van der Waals surface area contributed by atoms with Crippen molar-refractivity contribution in [2.75, 3.05) is 0 Å². The molecule has 2 rings (SSSR count). The van der Waals surface area contributed by atoms with Crippen LogP contribution in [-0.4, -0.2) is 15.3 Å². The summed E-state index contributed by atoms with van der Waals surface area (Å²) in [6.45, 7) is 10.4. The topological polar surface area (TPSA) is 29.9 Å². The second kappa shape index (κ2) is 6.23. The lowest BCUT2D eigenvalue weighted by Gasteiger charge is -2.20. The fourth-order valence-electron chi connectivity index (χ4n) is 2.06. The summed E-state index contributed by atoms with van der Waals surface area (Å²) < 4.78 is 2.07. The lowest BCUT2D eigenvalue weighted by Crippen LogP contribution is -2.35. The lowest BCUT2D eigenvalue weighted by atomic mass is 10.1. The van der Waals surface area contributed by atoms with Crippen molar-refractivity contribution in [3.8, 4) is 0 Å². The first-order chi connectivity index (χ1) is 9.48. The van der Waals surface area contributed by atoms with E-state index in [1.54, 1.807) is 0 Å². The van der Waals surface area contributed by atoms with Gasteiger partial charge in [0.15, 0.2) is 0 Å². The van der Waals surface area contributed by atoms with E-state index in [9.17, 15) is 0 Å². The van der Waals surface area contributed by atoms with E-state index >= 15 is 0 Å². The van der Waals surface area contributed by atoms with Crippen molar-refractivity contribution in [3.05, 3.63) is 53.3 Å². The van der Waals surface area contributed by atoms with Crippen molar-refractivity contribution >= 4 is 0 Å². The molecule has 1 heterocycles. The van der Waals surface area contributed by atoms with Gasteiger partial charge in [0.1, 0.15) is 0 Å². The molecule has 0 amide bonds. The zero-order chi connectivity index (χ0) is 14.6. The summed E-state index contributed by atoms with van der Waals surface area (Å²) in [5, 5.41) is 7.94. The molecule has 1 N–H and O–H groups in total. The molecule has 1 aromatic heterocycles. The molecule has 0 aliphatic heterocycles. The minimum atomic E-state index is 0.123. The van der Waals surface area contributed by atoms with E-state index in [0.717, 1.165) is 19.5 Å². The number of hydrogen-bond acceptors (Lipinski definition) is 2. The third-order valence-corrected chi connectivity index (χ3v) is 3.37. The van der Waals surface area contributed by atoms with Crippen molar-refractivity contribution in [2.24, 2.45) is 0 Å². The van der Waals surface area contributed by atoms with Crippen LogP contribution < -0.4 is 5.32 Å². The van der Waals surface area contributed by atoms with Gasteiger partial charge in [-0.05, 0) is 44.4 Å². The van der Waals surface area contributed by atoms with Crippen molar-refractivity contribution in [1.29, 1.82) is 0 Å². The standard InChI is InChI=1S/C17H25N3/c1-5-14-6-8-15(9-7-14)13-20-16(10-11-19-20)12-18-17(2,3)4/h6-11,18H,5,12-13H2,1-4H3. The van der Waals surface area contributed by atoms with Crippen molar-refractivity contribution in [2.45, 2.75) is 52.7 Å². The minimum absolute atomic E-state index is 0.123. The number of hydrogen-bond donors (Lipinski definition) is 1. The Morgan fingerprint density at radius 2 is 1.70 bits per heavy atom. The van der Waals surface area contributed by atoms with Gasteiger partial charge in [0.25, 0.3) is 0 Å². The molecule has 0 saturated heterocycles. The minimum Gasteiger partial charge on any atom is -0.306 e. The van der Waals surface area contributed by atoms with Crippen LogP contribution in [-0.2, 0) is 19.5 Å². The van der Waals surface area contributed by atoms with Gasteiger partial charge >= 0.3 is 0 Å². The van der Waals surface area contributed by atoms with E-state index in [4.69, 9.17) is 0 Å². The van der Waals surface area contributed by atoms with Gasteiger partial charge in [0, 0.05) is 18.3 Å². The highest BCUT2D eigenvalue weighted by atomic mass is 15.3. The quantitative estimate of drug-likeness (QED) is 0.903. The fraction of sp³-hybridized carbons (Fsp3) is 0.471. The fourth-order valence-corrected chi connectivity index (χ4v) is 2.06. The number of rotatable bonds is 5. The van der Waals surface area contributed by atoms with Gasteiger partial charge in [0.05, 0.1) is 12.2 Å². The molecule has 0 unspecified atom stereocenters. The third-order valence-electron chi connectivity index (χ3n) is 3.37. The number of nitrogens with zero attached hydrogens (tertiary/aromatic N) is 2. The molecule has 0 aliphatic carbocycles. The van der Waals surface area contributed by atoms with E-state index in [-0.39, 0.29) is 5.54 Å². The van der Waals surface area contributed by atoms with Crippen LogP contribution in [0.4, 0.5) is 0 Å². The van der Waals surface area contributed by atoms with Gasteiger partial charge < -0.3 is 5.32 Å². The van der Waals surface area contributed by atoms with Crippen molar-refractivity contribution < 1.29 is 0 Å². The molecule has 0 bridgehead atoms. The zero-order valence-corrected chi connectivity index (χ0v) is 13.0. The molecule has 3 nitrogen and oxygen atoms in total. The molecule has 0 fully saturated rings. The van der Waals surface area contributed by atoms with Crippen LogP contribution in [0.3, 0.4) is 0 Å². The maximum Gasteiger partial charge on any atom is 0.0663 e. The Labute approximate surface area is 122 Å². The number of nitrogens with one attached hydrogen (secondary N) is 1. The van der Waals surface area contributed by atoms with Gasteiger partial charge in [0.2, 0.25) is 0 Å². The van der Waals surface area contributed by atoms with Crippen LogP contribution in [0.1, 0.15) is 44.5 Å². The lowest BCUT2D eigenvalue weighted by molar-refractivity contribution is 0.414. The monoisotopic (exact) mass is 271 g/mol. The van der Waals surface area contributed by atoms with Crippen LogP contribution in [0.25, 0.3) is 0 Å². The predicted octanol–water partition coefficient (Wildman–Crippen LogP) is 3.38. The summed E-state index contributed by atoms with van der Waals surface area (Å²) in [6.07, 6.45) is 2.96. The van der Waals surface area contributed by atoms with E-state index in [2.05, 4.69) is 73.1 Å². The Hall–Kier alpha value is -1.61. The van der Waals surface area contributed by atoms with E-state index in [1.807, 2.05) is 6.20 Å². The summed E-state index contributed by atoms with van der Waals surface area (Å²) in [5.74, 6) is 0. The first kappa shape index (κ1) is 14.8. The van der Waals surface area contributed by atoms with E-state index in [0.29, 0.717) is 0 Å². The van der Waals surface area contributed by atoms with Crippen LogP contribution in [0.2, 0.25) is 0 Å². The molecule has 0 atom stereocenters. The van der Waals surface area contributed by atoms with Gasteiger partial charge in [-0.1, -0.05) is 31.2 Å². The molecular weight excluding hydrogens is 246 g/mol. The molecule has 0 saturated carbocycles. The second-order valence-corrected chi connectivity index (χ2v) is 6.25. The average Bonchev–Trinajstić information content (AvgIpc) is 2.84. The maximum atomic E-state index is 4.43. The van der Waals surface area contributed by atoms with Gasteiger partial charge in [-0.2, -0.15) is 5.10 Å². The summed E-state index contributed by atoms with van der Waals surface area (Å²) >= 11 is 0. The highest BCUT2D eigenvalue weighted by molar-refractivity contribution is 5.23. The molecular formula is C17H25N3. The number of benzene rings is 1. The van der Waals surface area contributed by atoms with Crippen LogP contribution in [0.5, 0.6) is 0 Å². The Morgan fingerprint density at radius 3 is 2.30 bits per heavy atom. The first-order valence-corrected chi connectivity index (χ1v) is 7.31. The molecule has 0 aliphatic rings. The smallest absolute Gasteiger partial charge is 0.0663 e.